The molecule has 1 saturated heterocycles. The number of halogens is 1. The lowest BCUT2D eigenvalue weighted by Gasteiger charge is -2.16. The van der Waals surface area contributed by atoms with Gasteiger partial charge in [-0.2, -0.15) is 0 Å². The molecule has 4 nitrogen and oxygen atoms in total. The van der Waals surface area contributed by atoms with Gasteiger partial charge < -0.3 is 15.0 Å². The van der Waals surface area contributed by atoms with Crippen LogP contribution in [0.1, 0.15) is 6.42 Å². The highest BCUT2D eigenvalue weighted by atomic mass is 19.1. The van der Waals surface area contributed by atoms with Crippen LogP contribution in [0.3, 0.4) is 0 Å². The first-order chi connectivity index (χ1) is 9.11. The molecule has 0 unspecified atom stereocenters. The molecule has 1 aromatic carbocycles. The molecule has 0 aliphatic carbocycles. The summed E-state index contributed by atoms with van der Waals surface area (Å²) in [5, 5.41) is 3.07. The average molecular weight is 262 g/mol. The Hall–Kier alpha value is -2.22. The van der Waals surface area contributed by atoms with Crippen LogP contribution >= 0.6 is 0 Å². The number of hydrogen-bond donors (Lipinski definition) is 1. The molecule has 0 saturated carbocycles. The Morgan fingerprint density at radius 2 is 2.42 bits per heavy atom. The SMILES string of the molecule is C#CCOc1cc(F)ccc1N[C@H]1CCN(C)C1=O. The molecule has 1 aliphatic heterocycles. The van der Waals surface area contributed by atoms with Gasteiger partial charge in [-0.05, 0) is 18.6 Å². The standard InChI is InChI=1S/C14H15FN2O2/c1-3-8-19-13-9-10(15)4-5-11(13)16-12-6-7-17(2)14(12)18/h1,4-5,9,12,16H,6-8H2,2H3/t12-/m0/s1. The monoisotopic (exact) mass is 262 g/mol. The number of likely N-dealkylation sites (N-methyl/N-ethyl adjacent to an activating group) is 1. The van der Waals surface area contributed by atoms with Gasteiger partial charge in [0.15, 0.2) is 0 Å². The maximum absolute atomic E-state index is 13.2. The highest BCUT2D eigenvalue weighted by molar-refractivity contribution is 5.87. The zero-order chi connectivity index (χ0) is 13.8. The largest absolute Gasteiger partial charge is 0.479 e. The lowest BCUT2D eigenvalue weighted by atomic mass is 10.2. The van der Waals surface area contributed by atoms with Crippen molar-refractivity contribution in [3.8, 4) is 18.1 Å². The molecule has 1 heterocycles. The Labute approximate surface area is 111 Å². The van der Waals surface area contributed by atoms with Gasteiger partial charge in [0.05, 0.1) is 5.69 Å². The molecule has 0 radical (unpaired) electrons. The predicted molar refractivity (Wildman–Crippen MR) is 70.4 cm³/mol. The fourth-order valence-electron chi connectivity index (χ4n) is 2.00. The normalized spacial score (nSPS) is 18.3. The minimum atomic E-state index is -0.410. The van der Waals surface area contributed by atoms with Gasteiger partial charge in [0.25, 0.3) is 0 Å². The highest BCUT2D eigenvalue weighted by Gasteiger charge is 2.29. The quantitative estimate of drug-likeness (QED) is 0.836. The number of hydrogen-bond acceptors (Lipinski definition) is 3. The summed E-state index contributed by atoms with van der Waals surface area (Å²) in [4.78, 5) is 13.5. The molecule has 1 amide bonds. The van der Waals surface area contributed by atoms with Crippen LogP contribution < -0.4 is 10.1 Å². The number of rotatable bonds is 4. The van der Waals surface area contributed by atoms with E-state index in [2.05, 4.69) is 11.2 Å². The first-order valence-electron chi connectivity index (χ1n) is 5.99. The van der Waals surface area contributed by atoms with Gasteiger partial charge in [0.2, 0.25) is 5.91 Å². The van der Waals surface area contributed by atoms with Gasteiger partial charge in [-0.25, -0.2) is 4.39 Å². The van der Waals surface area contributed by atoms with Gasteiger partial charge >= 0.3 is 0 Å². The van der Waals surface area contributed by atoms with E-state index in [9.17, 15) is 9.18 Å². The molecule has 1 N–H and O–H groups in total. The summed E-state index contributed by atoms with van der Waals surface area (Å²) in [7, 11) is 1.75. The van der Waals surface area contributed by atoms with Crippen molar-refractivity contribution in [1.82, 2.24) is 4.90 Å². The summed E-state index contributed by atoms with van der Waals surface area (Å²) in [5.41, 5.74) is 0.574. The molecular weight excluding hydrogens is 247 g/mol. The molecular formula is C14H15FN2O2. The van der Waals surface area contributed by atoms with Crippen LogP contribution in [-0.4, -0.2) is 37.0 Å². The van der Waals surface area contributed by atoms with Crippen LogP contribution in [0.2, 0.25) is 0 Å². The van der Waals surface area contributed by atoms with Crippen molar-refractivity contribution < 1.29 is 13.9 Å². The van der Waals surface area contributed by atoms with E-state index >= 15 is 0 Å². The average Bonchev–Trinajstić information content (AvgIpc) is 2.71. The van der Waals surface area contributed by atoms with E-state index in [1.165, 1.54) is 12.1 Å². The first-order valence-corrected chi connectivity index (χ1v) is 5.99. The molecule has 1 atom stereocenters. The van der Waals surface area contributed by atoms with Crippen LogP contribution in [0.5, 0.6) is 5.75 Å². The minimum Gasteiger partial charge on any atom is -0.479 e. The number of terminal acetylenes is 1. The zero-order valence-corrected chi connectivity index (χ0v) is 10.6. The van der Waals surface area contributed by atoms with Crippen molar-refractivity contribution in [2.24, 2.45) is 0 Å². The van der Waals surface area contributed by atoms with E-state index in [0.717, 1.165) is 0 Å². The lowest BCUT2D eigenvalue weighted by molar-refractivity contribution is -0.127. The van der Waals surface area contributed by atoms with Gasteiger partial charge in [-0.15, -0.1) is 6.42 Å². The van der Waals surface area contributed by atoms with E-state index in [1.807, 2.05) is 0 Å². The number of nitrogens with zero attached hydrogens (tertiary/aromatic N) is 1. The Balaban J connectivity index is 2.15. The summed E-state index contributed by atoms with van der Waals surface area (Å²) in [6.45, 7) is 0.759. The topological polar surface area (TPSA) is 41.6 Å². The molecule has 1 fully saturated rings. The second-order valence-corrected chi connectivity index (χ2v) is 4.38. The molecule has 1 aliphatic rings. The van der Waals surface area contributed by atoms with Crippen LogP contribution in [0.4, 0.5) is 10.1 Å². The van der Waals surface area contributed by atoms with E-state index < -0.39 is 5.82 Å². The fourth-order valence-corrected chi connectivity index (χ4v) is 2.00. The van der Waals surface area contributed by atoms with Crippen molar-refractivity contribution in [2.75, 3.05) is 25.5 Å². The number of ether oxygens (including phenoxy) is 1. The Morgan fingerprint density at radius 3 is 3.05 bits per heavy atom. The number of likely N-dealkylation sites (tertiary alicyclic amines) is 1. The Kier molecular flexibility index (Phi) is 3.91. The summed E-state index contributed by atoms with van der Waals surface area (Å²) >= 11 is 0. The van der Waals surface area contributed by atoms with Crippen molar-refractivity contribution in [3.05, 3.63) is 24.0 Å². The van der Waals surface area contributed by atoms with E-state index in [0.29, 0.717) is 24.4 Å². The first kappa shape index (κ1) is 13.2. The molecule has 0 spiro atoms. The molecule has 0 bridgehead atoms. The van der Waals surface area contributed by atoms with Gasteiger partial charge in [-0.1, -0.05) is 5.92 Å². The van der Waals surface area contributed by atoms with E-state index in [4.69, 9.17) is 11.2 Å². The molecule has 5 heteroatoms. The lowest BCUT2D eigenvalue weighted by Crippen LogP contribution is -2.31. The second-order valence-electron chi connectivity index (χ2n) is 4.38. The maximum atomic E-state index is 13.2. The highest BCUT2D eigenvalue weighted by Crippen LogP contribution is 2.27. The van der Waals surface area contributed by atoms with E-state index in [1.54, 1.807) is 18.0 Å². The molecule has 100 valence electrons. The molecule has 2 rings (SSSR count). The number of amides is 1. The number of carbonyl (C=O) groups excluding carboxylic acids is 1. The van der Waals surface area contributed by atoms with Gasteiger partial charge in [0.1, 0.15) is 24.2 Å². The number of anilines is 1. The molecule has 1 aromatic rings. The van der Waals surface area contributed by atoms with Crippen LogP contribution in [-0.2, 0) is 4.79 Å². The third kappa shape index (κ3) is 2.97. The van der Waals surface area contributed by atoms with Gasteiger partial charge in [0, 0.05) is 19.7 Å². The van der Waals surface area contributed by atoms with Crippen molar-refractivity contribution in [3.63, 3.8) is 0 Å². The Bertz CT molecular complexity index is 525. The fraction of sp³-hybridized carbons (Fsp3) is 0.357. The third-order valence-electron chi connectivity index (χ3n) is 3.01. The Morgan fingerprint density at radius 1 is 1.63 bits per heavy atom. The zero-order valence-electron chi connectivity index (χ0n) is 10.6. The summed E-state index contributed by atoms with van der Waals surface area (Å²) in [6.07, 6.45) is 5.83. The molecule has 0 aromatic heterocycles. The van der Waals surface area contributed by atoms with Crippen LogP contribution in [0.25, 0.3) is 0 Å². The second kappa shape index (κ2) is 5.61. The summed E-state index contributed by atoms with van der Waals surface area (Å²) in [6, 6.07) is 3.81. The maximum Gasteiger partial charge on any atom is 0.244 e. The van der Waals surface area contributed by atoms with Crippen molar-refractivity contribution >= 4 is 11.6 Å². The van der Waals surface area contributed by atoms with Gasteiger partial charge in [-0.3, -0.25) is 4.79 Å². The third-order valence-corrected chi connectivity index (χ3v) is 3.01. The number of benzene rings is 1. The molecule has 19 heavy (non-hydrogen) atoms. The number of nitrogens with one attached hydrogen (secondary N) is 1. The van der Waals surface area contributed by atoms with Crippen LogP contribution in [0.15, 0.2) is 18.2 Å². The summed E-state index contributed by atoms with van der Waals surface area (Å²) in [5.74, 6) is 2.26. The smallest absolute Gasteiger partial charge is 0.244 e. The predicted octanol–water partition coefficient (Wildman–Crippen LogP) is 1.48. The minimum absolute atomic E-state index is 0.0206. The van der Waals surface area contributed by atoms with Crippen molar-refractivity contribution in [2.45, 2.75) is 12.5 Å². The van der Waals surface area contributed by atoms with E-state index in [-0.39, 0.29) is 18.6 Å². The van der Waals surface area contributed by atoms with Crippen LogP contribution in [0, 0.1) is 18.2 Å². The number of carbonyl (C=O) groups is 1. The summed E-state index contributed by atoms with van der Waals surface area (Å²) < 4.78 is 18.5. The van der Waals surface area contributed by atoms with Crippen molar-refractivity contribution in [1.29, 1.82) is 0 Å².